The summed E-state index contributed by atoms with van der Waals surface area (Å²) >= 11 is 6.01. The smallest absolute Gasteiger partial charge is 0.191 e. The zero-order valence-electron chi connectivity index (χ0n) is 15.7. The fourth-order valence-electron chi connectivity index (χ4n) is 2.58. The molecule has 0 amide bonds. The molecular formula is C20H27ClIN3O2. The van der Waals surface area contributed by atoms with Gasteiger partial charge in [0.15, 0.2) is 17.5 Å². The Bertz CT molecular complexity index is 741. The normalized spacial score (nSPS) is 10.9. The lowest BCUT2D eigenvalue weighted by atomic mass is 10.1. The number of phenolic OH excluding ortho intramolecular Hbond substituents is 1. The number of halogens is 2. The van der Waals surface area contributed by atoms with Crippen LogP contribution in [0.3, 0.4) is 0 Å². The molecule has 0 heterocycles. The fourth-order valence-corrected chi connectivity index (χ4v) is 2.79. The Balaban J connectivity index is 0.00000364. The van der Waals surface area contributed by atoms with Crippen molar-refractivity contribution in [1.82, 2.24) is 10.6 Å². The van der Waals surface area contributed by atoms with E-state index in [1.807, 2.05) is 37.3 Å². The van der Waals surface area contributed by atoms with Gasteiger partial charge < -0.3 is 20.5 Å². The molecule has 0 spiro atoms. The van der Waals surface area contributed by atoms with E-state index in [2.05, 4.69) is 21.7 Å². The molecule has 0 radical (unpaired) electrons. The second-order valence-electron chi connectivity index (χ2n) is 5.79. The van der Waals surface area contributed by atoms with Crippen LogP contribution in [0.1, 0.15) is 18.1 Å². The fraction of sp³-hybridized carbons (Fsp3) is 0.350. The highest BCUT2D eigenvalue weighted by Crippen LogP contribution is 2.29. The Hall–Kier alpha value is -1.67. The van der Waals surface area contributed by atoms with Crippen LogP contribution in [0.2, 0.25) is 5.02 Å². The number of hydrogen-bond acceptors (Lipinski definition) is 3. The summed E-state index contributed by atoms with van der Waals surface area (Å²) < 4.78 is 5.14. The van der Waals surface area contributed by atoms with Crippen molar-refractivity contribution in [2.24, 2.45) is 4.99 Å². The Kier molecular flexibility index (Phi) is 11.0. The van der Waals surface area contributed by atoms with Crippen molar-refractivity contribution < 1.29 is 9.84 Å². The summed E-state index contributed by atoms with van der Waals surface area (Å²) in [6.45, 7) is 4.14. The van der Waals surface area contributed by atoms with Crippen molar-refractivity contribution in [2.75, 3.05) is 26.7 Å². The van der Waals surface area contributed by atoms with Crippen molar-refractivity contribution in [3.05, 3.63) is 58.6 Å². The maximum absolute atomic E-state index is 10.1. The van der Waals surface area contributed by atoms with Gasteiger partial charge in [-0.1, -0.05) is 35.9 Å². The molecule has 5 nitrogen and oxygen atoms in total. The van der Waals surface area contributed by atoms with Crippen LogP contribution < -0.4 is 15.4 Å². The van der Waals surface area contributed by atoms with E-state index >= 15 is 0 Å². The van der Waals surface area contributed by atoms with Gasteiger partial charge in [0.1, 0.15) is 0 Å². The minimum absolute atomic E-state index is 0. The van der Waals surface area contributed by atoms with Gasteiger partial charge in [-0.2, -0.15) is 0 Å². The molecule has 27 heavy (non-hydrogen) atoms. The SMILES string of the molecule is CCNC(=NCCc1cccc(OC)c1O)NCCc1cccc(Cl)c1.I. The summed E-state index contributed by atoms with van der Waals surface area (Å²) in [5.74, 6) is 1.43. The molecule has 0 bridgehead atoms. The average Bonchev–Trinajstić information content (AvgIpc) is 2.63. The van der Waals surface area contributed by atoms with Gasteiger partial charge in [-0.25, -0.2) is 0 Å². The number of methoxy groups -OCH3 is 1. The van der Waals surface area contributed by atoms with Gasteiger partial charge in [-0.15, -0.1) is 24.0 Å². The Labute approximate surface area is 183 Å². The maximum atomic E-state index is 10.1. The number of para-hydroxylation sites is 1. The summed E-state index contributed by atoms with van der Waals surface area (Å²) in [6, 6.07) is 13.3. The number of aromatic hydroxyl groups is 1. The second kappa shape index (κ2) is 12.7. The van der Waals surface area contributed by atoms with Crippen LogP contribution in [0.25, 0.3) is 0 Å². The van der Waals surface area contributed by atoms with E-state index in [1.54, 1.807) is 13.2 Å². The van der Waals surface area contributed by atoms with Gasteiger partial charge in [0.2, 0.25) is 0 Å². The van der Waals surface area contributed by atoms with Crippen molar-refractivity contribution in [1.29, 1.82) is 0 Å². The zero-order valence-corrected chi connectivity index (χ0v) is 18.8. The number of nitrogens with one attached hydrogen (secondary N) is 2. The molecule has 0 aliphatic rings. The monoisotopic (exact) mass is 503 g/mol. The van der Waals surface area contributed by atoms with Crippen LogP contribution in [-0.4, -0.2) is 37.8 Å². The average molecular weight is 504 g/mol. The standard InChI is InChI=1S/C20H26ClN3O2.HI/c1-3-22-20(23-12-10-15-6-4-8-17(21)14-15)24-13-11-16-7-5-9-18(26-2)19(16)25;/h4-9,14,25H,3,10-13H2,1-2H3,(H2,22,23,24);1H. The van der Waals surface area contributed by atoms with Crippen LogP contribution in [0.5, 0.6) is 11.5 Å². The Morgan fingerprint density at radius 1 is 1.15 bits per heavy atom. The molecule has 0 unspecified atom stereocenters. The lowest BCUT2D eigenvalue weighted by Gasteiger charge is -2.12. The minimum atomic E-state index is 0. The summed E-state index contributed by atoms with van der Waals surface area (Å²) in [5, 5.41) is 17.4. The molecular weight excluding hydrogens is 477 g/mol. The van der Waals surface area contributed by atoms with E-state index in [4.69, 9.17) is 16.3 Å². The molecule has 2 rings (SSSR count). The third-order valence-corrected chi connectivity index (χ3v) is 4.13. The van der Waals surface area contributed by atoms with E-state index in [0.717, 1.165) is 36.1 Å². The molecule has 0 aromatic heterocycles. The quantitative estimate of drug-likeness (QED) is 0.289. The summed E-state index contributed by atoms with van der Waals surface area (Å²) in [7, 11) is 1.55. The molecule has 148 valence electrons. The number of phenols is 1. The van der Waals surface area contributed by atoms with E-state index in [9.17, 15) is 5.11 Å². The predicted octanol–water partition coefficient (Wildman–Crippen LogP) is 4.01. The maximum Gasteiger partial charge on any atom is 0.191 e. The Morgan fingerprint density at radius 3 is 2.63 bits per heavy atom. The number of nitrogens with zero attached hydrogens (tertiary/aromatic N) is 1. The van der Waals surface area contributed by atoms with Crippen LogP contribution >= 0.6 is 35.6 Å². The number of guanidine groups is 1. The highest BCUT2D eigenvalue weighted by Gasteiger charge is 2.06. The van der Waals surface area contributed by atoms with Crippen molar-refractivity contribution in [3.8, 4) is 11.5 Å². The van der Waals surface area contributed by atoms with Crippen LogP contribution in [-0.2, 0) is 12.8 Å². The first-order valence-electron chi connectivity index (χ1n) is 8.75. The molecule has 2 aromatic rings. The van der Waals surface area contributed by atoms with Gasteiger partial charge in [0.05, 0.1) is 7.11 Å². The third kappa shape index (κ3) is 7.84. The zero-order chi connectivity index (χ0) is 18.8. The minimum Gasteiger partial charge on any atom is -0.504 e. The highest BCUT2D eigenvalue weighted by atomic mass is 127. The lowest BCUT2D eigenvalue weighted by Crippen LogP contribution is -2.38. The van der Waals surface area contributed by atoms with Gasteiger partial charge in [-0.3, -0.25) is 4.99 Å². The summed E-state index contributed by atoms with van der Waals surface area (Å²) in [5.41, 5.74) is 2.00. The number of hydrogen-bond donors (Lipinski definition) is 3. The summed E-state index contributed by atoms with van der Waals surface area (Å²) in [6.07, 6.45) is 1.50. The highest BCUT2D eigenvalue weighted by molar-refractivity contribution is 14.0. The van der Waals surface area contributed by atoms with E-state index in [-0.39, 0.29) is 29.7 Å². The molecule has 0 atom stereocenters. The number of ether oxygens (including phenoxy) is 1. The first kappa shape index (κ1) is 23.4. The van der Waals surface area contributed by atoms with Gasteiger partial charge in [0.25, 0.3) is 0 Å². The molecule has 2 aromatic carbocycles. The van der Waals surface area contributed by atoms with Crippen LogP contribution in [0, 0.1) is 0 Å². The van der Waals surface area contributed by atoms with E-state index in [1.165, 1.54) is 5.56 Å². The number of rotatable bonds is 8. The number of benzene rings is 2. The largest absolute Gasteiger partial charge is 0.504 e. The molecule has 0 aliphatic heterocycles. The van der Waals surface area contributed by atoms with E-state index in [0.29, 0.717) is 18.7 Å². The van der Waals surface area contributed by atoms with Crippen molar-refractivity contribution in [2.45, 2.75) is 19.8 Å². The molecule has 0 saturated heterocycles. The topological polar surface area (TPSA) is 65.9 Å². The lowest BCUT2D eigenvalue weighted by molar-refractivity contribution is 0.370. The first-order chi connectivity index (χ1) is 12.6. The number of aliphatic imine (C=N–C) groups is 1. The third-order valence-electron chi connectivity index (χ3n) is 3.89. The first-order valence-corrected chi connectivity index (χ1v) is 9.13. The van der Waals surface area contributed by atoms with Crippen molar-refractivity contribution >= 4 is 41.5 Å². The summed E-state index contributed by atoms with van der Waals surface area (Å²) in [4.78, 5) is 4.57. The molecule has 0 saturated carbocycles. The van der Waals surface area contributed by atoms with Gasteiger partial charge in [0, 0.05) is 24.7 Å². The Morgan fingerprint density at radius 2 is 1.93 bits per heavy atom. The van der Waals surface area contributed by atoms with Gasteiger partial charge in [-0.05, 0) is 49.1 Å². The second-order valence-corrected chi connectivity index (χ2v) is 6.22. The van der Waals surface area contributed by atoms with Gasteiger partial charge >= 0.3 is 0 Å². The van der Waals surface area contributed by atoms with Crippen molar-refractivity contribution in [3.63, 3.8) is 0 Å². The molecule has 0 fully saturated rings. The van der Waals surface area contributed by atoms with Crippen LogP contribution in [0.15, 0.2) is 47.5 Å². The van der Waals surface area contributed by atoms with E-state index < -0.39 is 0 Å². The molecule has 7 heteroatoms. The molecule has 3 N–H and O–H groups in total. The van der Waals surface area contributed by atoms with Crippen LogP contribution in [0.4, 0.5) is 0 Å². The molecule has 0 aliphatic carbocycles. The predicted molar refractivity (Wildman–Crippen MR) is 123 cm³/mol.